The molecule has 1 aliphatic heterocycles. The molecule has 1 amide bonds. The van der Waals surface area contributed by atoms with Crippen molar-refractivity contribution < 1.29 is 19.1 Å². The number of fused-ring (bicyclic) bond motifs is 1. The van der Waals surface area contributed by atoms with E-state index in [1.807, 2.05) is 30.0 Å². The number of benzene rings is 3. The van der Waals surface area contributed by atoms with Gasteiger partial charge in [0.1, 0.15) is 5.82 Å². The van der Waals surface area contributed by atoms with Gasteiger partial charge in [0.25, 0.3) is 5.91 Å². The van der Waals surface area contributed by atoms with E-state index in [9.17, 15) is 14.0 Å². The molecule has 4 aromatic rings. The smallest absolute Gasteiger partial charge is 0.303 e. The molecule has 1 aliphatic rings. The second-order valence-corrected chi connectivity index (χ2v) is 10.5. The molecule has 1 N–H and O–H groups in total. The molecule has 0 aliphatic carbocycles. The highest BCUT2D eigenvalue weighted by atomic mass is 35.5. The number of amides is 1. The van der Waals surface area contributed by atoms with Gasteiger partial charge in [-0.1, -0.05) is 23.7 Å². The molecule has 9 heteroatoms. The minimum absolute atomic E-state index is 0.0369. The van der Waals surface area contributed by atoms with Crippen molar-refractivity contribution in [2.24, 2.45) is 0 Å². The van der Waals surface area contributed by atoms with Crippen molar-refractivity contribution in [2.45, 2.75) is 38.6 Å². The Kier molecular flexibility index (Phi) is 8.26. The first-order valence-corrected chi connectivity index (χ1v) is 13.8. The van der Waals surface area contributed by atoms with Crippen LogP contribution < -0.4 is 4.90 Å². The Morgan fingerprint density at radius 1 is 0.975 bits per heavy atom. The Balaban J connectivity index is 1.39. The summed E-state index contributed by atoms with van der Waals surface area (Å²) in [6.07, 6.45) is 1.86. The van der Waals surface area contributed by atoms with Gasteiger partial charge in [0.15, 0.2) is 0 Å². The van der Waals surface area contributed by atoms with Gasteiger partial charge < -0.3 is 14.9 Å². The Morgan fingerprint density at radius 2 is 1.73 bits per heavy atom. The second kappa shape index (κ2) is 12.0. The van der Waals surface area contributed by atoms with Crippen LogP contribution in [0, 0.1) is 5.82 Å². The van der Waals surface area contributed by atoms with Crippen molar-refractivity contribution in [2.75, 3.05) is 24.5 Å². The summed E-state index contributed by atoms with van der Waals surface area (Å²) in [6, 6.07) is 19.2. The SMILES string of the molecule is C[C@@H]1CN(c2ccc(F)cc2)CCN1C(=O)c1ccc2nc(-c3ccc(Cl)cc3)c(CCCCC(=O)O)nc2c1. The Hall–Kier alpha value is -4.04. The lowest BCUT2D eigenvalue weighted by Crippen LogP contribution is -2.54. The van der Waals surface area contributed by atoms with Crippen LogP contribution in [0.2, 0.25) is 5.02 Å². The number of nitrogens with zero attached hydrogens (tertiary/aromatic N) is 4. The first-order valence-electron chi connectivity index (χ1n) is 13.4. The molecule has 1 atom stereocenters. The number of carboxylic acids is 1. The van der Waals surface area contributed by atoms with Crippen molar-refractivity contribution in [1.82, 2.24) is 14.9 Å². The van der Waals surface area contributed by atoms with E-state index >= 15 is 0 Å². The lowest BCUT2D eigenvalue weighted by Gasteiger charge is -2.41. The third-order valence-corrected chi connectivity index (χ3v) is 7.49. The number of piperazine rings is 1. The number of aromatic nitrogens is 2. The van der Waals surface area contributed by atoms with E-state index in [4.69, 9.17) is 26.7 Å². The lowest BCUT2D eigenvalue weighted by molar-refractivity contribution is -0.137. The van der Waals surface area contributed by atoms with Crippen LogP contribution >= 0.6 is 11.6 Å². The third-order valence-electron chi connectivity index (χ3n) is 7.24. The van der Waals surface area contributed by atoms with Crippen molar-refractivity contribution in [3.05, 3.63) is 88.8 Å². The van der Waals surface area contributed by atoms with E-state index in [0.29, 0.717) is 60.5 Å². The molecule has 1 fully saturated rings. The fourth-order valence-electron chi connectivity index (χ4n) is 5.12. The Morgan fingerprint density at radius 3 is 2.42 bits per heavy atom. The van der Waals surface area contributed by atoms with Crippen LogP contribution in [0.3, 0.4) is 0 Å². The number of unbranched alkanes of at least 4 members (excludes halogenated alkanes) is 1. The van der Waals surface area contributed by atoms with E-state index < -0.39 is 5.97 Å². The summed E-state index contributed by atoms with van der Waals surface area (Å²) in [5, 5.41) is 9.63. The molecule has 1 saturated heterocycles. The largest absolute Gasteiger partial charge is 0.481 e. The average Bonchev–Trinajstić information content (AvgIpc) is 2.95. The maximum Gasteiger partial charge on any atom is 0.303 e. The van der Waals surface area contributed by atoms with Gasteiger partial charge in [-0.25, -0.2) is 14.4 Å². The molecule has 7 nitrogen and oxygen atoms in total. The van der Waals surface area contributed by atoms with Crippen LogP contribution in [0.5, 0.6) is 0 Å². The summed E-state index contributed by atoms with van der Waals surface area (Å²) in [4.78, 5) is 38.4. The van der Waals surface area contributed by atoms with E-state index in [0.717, 1.165) is 22.6 Å². The maximum atomic E-state index is 13.6. The number of carbonyl (C=O) groups excluding carboxylic acids is 1. The highest BCUT2D eigenvalue weighted by Crippen LogP contribution is 2.28. The quantitative estimate of drug-likeness (QED) is 0.257. The highest BCUT2D eigenvalue weighted by Gasteiger charge is 2.28. The van der Waals surface area contributed by atoms with Crippen molar-refractivity contribution >= 4 is 40.2 Å². The monoisotopic (exact) mass is 560 g/mol. The van der Waals surface area contributed by atoms with E-state index in [1.54, 1.807) is 36.4 Å². The molecule has 206 valence electrons. The molecule has 2 heterocycles. The van der Waals surface area contributed by atoms with E-state index in [2.05, 4.69) is 4.90 Å². The van der Waals surface area contributed by atoms with Gasteiger partial charge in [-0.15, -0.1) is 0 Å². The van der Waals surface area contributed by atoms with Crippen molar-refractivity contribution in [1.29, 1.82) is 0 Å². The maximum absolute atomic E-state index is 13.6. The van der Waals surface area contributed by atoms with Crippen LogP contribution in [0.15, 0.2) is 66.7 Å². The molecular formula is C31H30ClFN4O3. The number of rotatable bonds is 8. The van der Waals surface area contributed by atoms with E-state index in [-0.39, 0.29) is 24.2 Å². The topological polar surface area (TPSA) is 86.6 Å². The van der Waals surface area contributed by atoms with Gasteiger partial charge in [-0.3, -0.25) is 9.59 Å². The number of carboxylic acid groups (broad SMARTS) is 1. The summed E-state index contributed by atoms with van der Waals surface area (Å²) >= 11 is 6.09. The standard InChI is InChI=1S/C31H30ClFN4O3/c1-20-19-36(25-13-11-24(33)12-14-25)16-17-37(20)31(40)22-8-15-26-28(18-22)34-27(4-2-3-5-29(38)39)30(35-26)21-6-9-23(32)10-7-21/h6-15,18,20H,2-5,16-17,19H2,1H3,(H,38,39)/t20-/m1/s1. The molecule has 0 spiro atoms. The lowest BCUT2D eigenvalue weighted by atomic mass is 10.0. The van der Waals surface area contributed by atoms with Crippen molar-refractivity contribution in [3.63, 3.8) is 0 Å². The number of halogens is 2. The predicted octanol–water partition coefficient (Wildman–Crippen LogP) is 6.24. The number of hydrogen-bond donors (Lipinski definition) is 1. The van der Waals surface area contributed by atoms with Crippen LogP contribution in [-0.4, -0.2) is 57.5 Å². The highest BCUT2D eigenvalue weighted by molar-refractivity contribution is 6.30. The molecule has 1 aromatic heterocycles. The minimum Gasteiger partial charge on any atom is -0.481 e. The molecule has 0 bridgehead atoms. The van der Waals surface area contributed by atoms with Crippen LogP contribution in [-0.2, 0) is 11.2 Å². The summed E-state index contributed by atoms with van der Waals surface area (Å²) < 4.78 is 13.3. The normalized spacial score (nSPS) is 15.4. The zero-order valence-electron chi connectivity index (χ0n) is 22.2. The minimum atomic E-state index is -0.821. The van der Waals surface area contributed by atoms with Gasteiger partial charge >= 0.3 is 5.97 Å². The molecule has 0 unspecified atom stereocenters. The van der Waals surface area contributed by atoms with E-state index in [1.165, 1.54) is 12.1 Å². The number of carbonyl (C=O) groups is 2. The predicted molar refractivity (Wildman–Crippen MR) is 154 cm³/mol. The summed E-state index contributed by atoms with van der Waals surface area (Å²) in [5.41, 5.74) is 5.13. The van der Waals surface area contributed by atoms with Gasteiger partial charge in [-0.2, -0.15) is 0 Å². The third kappa shape index (κ3) is 6.23. The zero-order chi connectivity index (χ0) is 28.2. The summed E-state index contributed by atoms with van der Waals surface area (Å²) in [5.74, 6) is -1.16. The van der Waals surface area contributed by atoms with Crippen LogP contribution in [0.1, 0.15) is 42.2 Å². The van der Waals surface area contributed by atoms with Crippen LogP contribution in [0.4, 0.5) is 10.1 Å². The first-order chi connectivity index (χ1) is 19.3. The first kappa shape index (κ1) is 27.5. The number of hydrogen-bond acceptors (Lipinski definition) is 5. The zero-order valence-corrected chi connectivity index (χ0v) is 22.9. The van der Waals surface area contributed by atoms with Crippen LogP contribution in [0.25, 0.3) is 22.3 Å². The molecule has 40 heavy (non-hydrogen) atoms. The fraction of sp³-hybridized carbons (Fsp3) is 0.290. The second-order valence-electron chi connectivity index (χ2n) is 10.1. The summed E-state index contributed by atoms with van der Waals surface area (Å²) in [6.45, 7) is 3.86. The molecule has 5 rings (SSSR count). The molecule has 0 radical (unpaired) electrons. The number of aliphatic carboxylic acids is 1. The van der Waals surface area contributed by atoms with Gasteiger partial charge in [-0.05, 0) is 80.8 Å². The van der Waals surface area contributed by atoms with Crippen molar-refractivity contribution in [3.8, 4) is 11.3 Å². The average molecular weight is 561 g/mol. The summed E-state index contributed by atoms with van der Waals surface area (Å²) in [7, 11) is 0. The number of aryl methyl sites for hydroxylation is 1. The van der Waals surface area contributed by atoms with Gasteiger partial charge in [0.2, 0.25) is 0 Å². The van der Waals surface area contributed by atoms with Gasteiger partial charge in [0, 0.05) is 53.9 Å². The molecule has 3 aromatic carbocycles. The molecular weight excluding hydrogens is 531 g/mol. The number of anilines is 1. The Labute approximate surface area is 237 Å². The molecule has 0 saturated carbocycles. The fourth-order valence-corrected chi connectivity index (χ4v) is 5.24. The Bertz CT molecular complexity index is 1530. The van der Waals surface area contributed by atoms with Gasteiger partial charge in [0.05, 0.1) is 22.4 Å².